The van der Waals surface area contributed by atoms with Crippen LogP contribution in [0.15, 0.2) is 51.4 Å². The number of thiophene rings is 1. The van der Waals surface area contributed by atoms with Gasteiger partial charge in [-0.05, 0) is 22.9 Å². The molecule has 2 heterocycles. The fourth-order valence-corrected chi connectivity index (χ4v) is 5.58. The second-order valence-electron chi connectivity index (χ2n) is 6.56. The maximum absolute atomic E-state index is 12.4. The summed E-state index contributed by atoms with van der Waals surface area (Å²) >= 11 is 2.43. The first kappa shape index (κ1) is 20.7. The van der Waals surface area contributed by atoms with Crippen LogP contribution >= 0.6 is 22.7 Å². The van der Waals surface area contributed by atoms with Crippen LogP contribution in [0.2, 0.25) is 0 Å². The van der Waals surface area contributed by atoms with E-state index in [1.807, 2.05) is 17.5 Å². The smallest absolute Gasteiger partial charge is 0.252 e. The van der Waals surface area contributed by atoms with Gasteiger partial charge in [0.25, 0.3) is 10.0 Å². The van der Waals surface area contributed by atoms with Crippen molar-refractivity contribution in [1.82, 2.24) is 9.29 Å². The van der Waals surface area contributed by atoms with Crippen molar-refractivity contribution < 1.29 is 13.2 Å². The maximum Gasteiger partial charge on any atom is 0.252 e. The number of hydrogen-bond donors (Lipinski definition) is 1. The van der Waals surface area contributed by atoms with Gasteiger partial charge >= 0.3 is 0 Å². The molecule has 0 aliphatic heterocycles. The molecular formula is C19H21N3O3S3. The Morgan fingerprint density at radius 2 is 1.89 bits per heavy atom. The van der Waals surface area contributed by atoms with Crippen LogP contribution in [0.4, 0.5) is 5.13 Å². The lowest BCUT2D eigenvalue weighted by Crippen LogP contribution is -2.34. The monoisotopic (exact) mass is 435 g/mol. The van der Waals surface area contributed by atoms with E-state index in [-0.39, 0.29) is 10.8 Å². The minimum atomic E-state index is -3.66. The summed E-state index contributed by atoms with van der Waals surface area (Å²) in [7, 11) is -2.27. The summed E-state index contributed by atoms with van der Waals surface area (Å²) in [4.78, 5) is 16.7. The summed E-state index contributed by atoms with van der Waals surface area (Å²) in [6.07, 6.45) is 0. The van der Waals surface area contributed by atoms with Gasteiger partial charge in [-0.15, -0.1) is 22.7 Å². The lowest BCUT2D eigenvalue weighted by atomic mass is 10.0. The molecule has 1 aromatic carbocycles. The van der Waals surface area contributed by atoms with Crippen molar-refractivity contribution in [1.29, 1.82) is 0 Å². The molecule has 0 saturated heterocycles. The van der Waals surface area contributed by atoms with E-state index >= 15 is 0 Å². The van der Waals surface area contributed by atoms with Gasteiger partial charge in [0, 0.05) is 18.0 Å². The predicted molar refractivity (Wildman–Crippen MR) is 114 cm³/mol. The minimum absolute atomic E-state index is 0.212. The topological polar surface area (TPSA) is 79.4 Å². The van der Waals surface area contributed by atoms with E-state index in [0.29, 0.717) is 11.0 Å². The highest BCUT2D eigenvalue weighted by atomic mass is 32.2. The summed E-state index contributed by atoms with van der Waals surface area (Å²) < 4.78 is 26.0. The first-order valence-electron chi connectivity index (χ1n) is 8.63. The number of anilines is 1. The Balaban J connectivity index is 1.64. The Morgan fingerprint density at radius 1 is 1.18 bits per heavy atom. The number of rotatable bonds is 7. The maximum atomic E-state index is 12.4. The Kier molecular flexibility index (Phi) is 6.29. The molecule has 28 heavy (non-hydrogen) atoms. The molecule has 0 aliphatic rings. The zero-order valence-electron chi connectivity index (χ0n) is 15.7. The fourth-order valence-electron chi connectivity index (χ4n) is 2.51. The van der Waals surface area contributed by atoms with Crippen molar-refractivity contribution in [2.75, 3.05) is 18.9 Å². The first-order chi connectivity index (χ1) is 13.3. The zero-order valence-corrected chi connectivity index (χ0v) is 18.2. The van der Waals surface area contributed by atoms with Crippen LogP contribution < -0.4 is 5.32 Å². The van der Waals surface area contributed by atoms with Crippen LogP contribution in [0.3, 0.4) is 0 Å². The summed E-state index contributed by atoms with van der Waals surface area (Å²) in [5, 5.41) is 6.67. The van der Waals surface area contributed by atoms with Crippen LogP contribution in [0, 0.1) is 0 Å². The van der Waals surface area contributed by atoms with Gasteiger partial charge in [-0.3, -0.25) is 4.79 Å². The third-order valence-corrected chi connectivity index (χ3v) is 8.08. The van der Waals surface area contributed by atoms with Gasteiger partial charge < -0.3 is 5.32 Å². The van der Waals surface area contributed by atoms with Crippen molar-refractivity contribution in [2.45, 2.75) is 24.0 Å². The largest absolute Gasteiger partial charge is 0.301 e. The number of likely N-dealkylation sites (N-methyl/N-ethyl adjacent to an activating group) is 1. The van der Waals surface area contributed by atoms with Crippen LogP contribution in [-0.4, -0.2) is 37.2 Å². The lowest BCUT2D eigenvalue weighted by molar-refractivity contribution is -0.116. The summed E-state index contributed by atoms with van der Waals surface area (Å²) in [5.74, 6) is 0.0282. The van der Waals surface area contributed by atoms with E-state index in [1.54, 1.807) is 11.4 Å². The van der Waals surface area contributed by atoms with Crippen LogP contribution in [0.5, 0.6) is 0 Å². The molecule has 0 unspecified atom stereocenters. The number of benzene rings is 1. The van der Waals surface area contributed by atoms with E-state index in [9.17, 15) is 13.2 Å². The van der Waals surface area contributed by atoms with E-state index in [4.69, 9.17) is 0 Å². The van der Waals surface area contributed by atoms with Crippen LogP contribution in [-0.2, 0) is 14.8 Å². The molecule has 1 amide bonds. The molecule has 0 aliphatic carbocycles. The number of hydrogen-bond acceptors (Lipinski definition) is 6. The van der Waals surface area contributed by atoms with E-state index in [0.717, 1.165) is 26.9 Å². The van der Waals surface area contributed by atoms with Gasteiger partial charge in [-0.2, -0.15) is 4.31 Å². The highest BCUT2D eigenvalue weighted by Crippen LogP contribution is 2.26. The molecule has 3 aromatic rings. The molecule has 6 nitrogen and oxygen atoms in total. The minimum Gasteiger partial charge on any atom is -0.301 e. The van der Waals surface area contributed by atoms with Crippen molar-refractivity contribution >= 4 is 43.7 Å². The van der Waals surface area contributed by atoms with Gasteiger partial charge in [-0.25, -0.2) is 13.4 Å². The van der Waals surface area contributed by atoms with Crippen molar-refractivity contribution in [3.05, 3.63) is 52.7 Å². The molecule has 0 saturated carbocycles. The number of amides is 1. The molecule has 148 valence electrons. The molecule has 3 rings (SSSR count). The van der Waals surface area contributed by atoms with Crippen LogP contribution in [0.1, 0.15) is 25.3 Å². The number of nitrogens with one attached hydrogen (secondary N) is 1. The second kappa shape index (κ2) is 8.52. The highest BCUT2D eigenvalue weighted by molar-refractivity contribution is 7.91. The van der Waals surface area contributed by atoms with Crippen molar-refractivity contribution in [2.24, 2.45) is 0 Å². The summed E-state index contributed by atoms with van der Waals surface area (Å²) in [5.41, 5.74) is 3.00. The molecular weight excluding hydrogens is 414 g/mol. The fraction of sp³-hybridized carbons (Fsp3) is 0.263. The van der Waals surface area contributed by atoms with E-state index in [1.165, 1.54) is 30.0 Å². The van der Waals surface area contributed by atoms with Gasteiger partial charge in [0.1, 0.15) is 4.21 Å². The van der Waals surface area contributed by atoms with Gasteiger partial charge in [0.15, 0.2) is 5.13 Å². The van der Waals surface area contributed by atoms with Crippen LogP contribution in [0.25, 0.3) is 11.3 Å². The van der Waals surface area contributed by atoms with Gasteiger partial charge in [-0.1, -0.05) is 44.2 Å². The second-order valence-corrected chi connectivity index (χ2v) is 10.6. The highest BCUT2D eigenvalue weighted by Gasteiger charge is 2.24. The molecule has 9 heteroatoms. The van der Waals surface area contributed by atoms with E-state index in [2.05, 4.69) is 36.3 Å². The lowest BCUT2D eigenvalue weighted by Gasteiger charge is -2.15. The first-order valence-corrected chi connectivity index (χ1v) is 11.8. The summed E-state index contributed by atoms with van der Waals surface area (Å²) in [6.45, 7) is 4.00. The Labute approximate surface area is 172 Å². The number of aromatic nitrogens is 1. The average molecular weight is 436 g/mol. The Hall–Kier alpha value is -2.07. The van der Waals surface area contributed by atoms with E-state index < -0.39 is 15.9 Å². The number of carbonyl (C=O) groups excluding carboxylic acids is 1. The molecule has 0 bridgehead atoms. The molecule has 0 radical (unpaired) electrons. The number of carbonyl (C=O) groups is 1. The third kappa shape index (κ3) is 4.67. The third-order valence-electron chi connectivity index (χ3n) is 4.15. The molecule has 0 atom stereocenters. The van der Waals surface area contributed by atoms with Gasteiger partial charge in [0.05, 0.1) is 12.2 Å². The van der Waals surface area contributed by atoms with Crippen molar-refractivity contribution in [3.8, 4) is 11.3 Å². The molecule has 2 aromatic heterocycles. The Morgan fingerprint density at radius 3 is 2.50 bits per heavy atom. The summed E-state index contributed by atoms with van der Waals surface area (Å²) in [6, 6.07) is 11.3. The molecule has 0 fully saturated rings. The molecule has 1 N–H and O–H groups in total. The average Bonchev–Trinajstić information content (AvgIpc) is 3.34. The zero-order chi connectivity index (χ0) is 20.3. The number of thiazole rings is 1. The Bertz CT molecular complexity index is 1040. The number of sulfonamides is 1. The molecule has 0 spiro atoms. The normalized spacial score (nSPS) is 11.9. The standard InChI is InChI=1S/C19H21N3O3S3/c1-13(2)14-6-8-15(9-7-14)16-12-27-19(20-16)21-17(23)11-22(3)28(24,25)18-5-4-10-26-18/h4-10,12-13H,11H2,1-3H3,(H,20,21,23). The predicted octanol–water partition coefficient (Wildman–Crippen LogP) is 4.25. The quantitative estimate of drug-likeness (QED) is 0.602. The van der Waals surface area contributed by atoms with Gasteiger partial charge in [0.2, 0.25) is 5.91 Å². The van der Waals surface area contributed by atoms with Crippen molar-refractivity contribution in [3.63, 3.8) is 0 Å². The number of nitrogens with zero attached hydrogens (tertiary/aromatic N) is 2. The SMILES string of the molecule is CC(C)c1ccc(-c2csc(NC(=O)CN(C)S(=O)(=O)c3cccs3)n2)cc1.